The maximum Gasteiger partial charge on any atom is 0.226 e. The summed E-state index contributed by atoms with van der Waals surface area (Å²) < 4.78 is 1.49. The first kappa shape index (κ1) is 8.39. The third kappa shape index (κ3) is 1.32. The van der Waals surface area contributed by atoms with Gasteiger partial charge in [0.05, 0.1) is 5.69 Å². The lowest BCUT2D eigenvalue weighted by Crippen LogP contribution is -1.97. The van der Waals surface area contributed by atoms with Crippen LogP contribution in [0.4, 0.5) is 0 Å². The molecule has 0 saturated heterocycles. The fourth-order valence-corrected chi connectivity index (χ4v) is 0.902. The molecular formula is C8H7NO3. The number of aryl methyl sites for hydroxylation is 1. The van der Waals surface area contributed by atoms with Crippen LogP contribution in [0.25, 0.3) is 0 Å². The minimum absolute atomic E-state index is 0.226. The zero-order valence-corrected chi connectivity index (χ0v) is 6.48. The number of hydrogen-bond donors (Lipinski definition) is 0. The van der Waals surface area contributed by atoms with Crippen molar-refractivity contribution in [2.75, 3.05) is 0 Å². The average molecular weight is 165 g/mol. The van der Waals surface area contributed by atoms with Crippen molar-refractivity contribution >= 4 is 18.4 Å². The molecular weight excluding hydrogens is 158 g/mol. The Labute approximate surface area is 68.8 Å². The average Bonchev–Trinajstić information content (AvgIpc) is 2.45. The number of rotatable bonds is 3. The molecule has 62 valence electrons. The van der Waals surface area contributed by atoms with Gasteiger partial charge >= 0.3 is 0 Å². The normalized spacial score (nSPS) is 9.42. The van der Waals surface area contributed by atoms with E-state index in [0.29, 0.717) is 12.0 Å². The minimum Gasteiger partial charge on any atom is -0.348 e. The molecule has 4 heteroatoms. The number of ketones is 1. The van der Waals surface area contributed by atoms with Gasteiger partial charge in [0.1, 0.15) is 0 Å². The number of hydrogen-bond acceptors (Lipinski definition) is 3. The first-order chi connectivity index (χ1) is 5.69. The number of carbonyl (C=O) groups excluding carboxylic acids is 3. The monoisotopic (exact) mass is 165 g/mol. The van der Waals surface area contributed by atoms with Crippen molar-refractivity contribution in [3.8, 4) is 0 Å². The Kier molecular flexibility index (Phi) is 2.19. The molecule has 0 amide bonds. The molecule has 0 aliphatic heterocycles. The Morgan fingerprint density at radius 2 is 2.17 bits per heavy atom. The highest BCUT2D eigenvalue weighted by Crippen LogP contribution is 2.04. The molecule has 0 N–H and O–H groups in total. The molecule has 0 saturated carbocycles. The summed E-state index contributed by atoms with van der Waals surface area (Å²) in [5.74, 6) is -0.612. The molecule has 0 atom stereocenters. The Morgan fingerprint density at radius 1 is 1.50 bits per heavy atom. The molecule has 0 aromatic carbocycles. The molecule has 1 rings (SSSR count). The highest BCUT2D eigenvalue weighted by molar-refractivity contribution is 6.33. The Balaban J connectivity index is 3.12. The first-order valence-electron chi connectivity index (χ1n) is 3.30. The summed E-state index contributed by atoms with van der Waals surface area (Å²) in [6.45, 7) is 0. The van der Waals surface area contributed by atoms with Crippen LogP contribution in [-0.2, 0) is 11.8 Å². The van der Waals surface area contributed by atoms with E-state index in [9.17, 15) is 14.4 Å². The van der Waals surface area contributed by atoms with Crippen LogP contribution in [0, 0.1) is 0 Å². The van der Waals surface area contributed by atoms with Gasteiger partial charge in [-0.25, -0.2) is 0 Å². The largest absolute Gasteiger partial charge is 0.348 e. The van der Waals surface area contributed by atoms with E-state index < -0.39 is 5.78 Å². The number of nitrogens with zero attached hydrogens (tertiary/aromatic N) is 1. The second-order valence-electron chi connectivity index (χ2n) is 2.36. The minimum atomic E-state index is -0.612. The summed E-state index contributed by atoms with van der Waals surface area (Å²) in [4.78, 5) is 31.2. The van der Waals surface area contributed by atoms with E-state index in [4.69, 9.17) is 0 Å². The zero-order valence-electron chi connectivity index (χ0n) is 6.48. The summed E-state index contributed by atoms with van der Waals surface area (Å²) in [5, 5.41) is 0. The molecule has 0 bridgehead atoms. The van der Waals surface area contributed by atoms with E-state index in [-0.39, 0.29) is 11.8 Å². The number of Topliss-reactive ketones (excluding diaryl/α,β-unsaturated/α-hetero) is 1. The van der Waals surface area contributed by atoms with E-state index in [1.54, 1.807) is 7.05 Å². The SMILES string of the molecule is Cn1cc(C(=O)C=O)cc1C=O. The Hall–Kier alpha value is -1.71. The molecule has 0 aliphatic rings. The van der Waals surface area contributed by atoms with Crippen molar-refractivity contribution in [3.63, 3.8) is 0 Å². The van der Waals surface area contributed by atoms with Crippen molar-refractivity contribution < 1.29 is 14.4 Å². The number of carbonyl (C=O) groups is 3. The topological polar surface area (TPSA) is 56.1 Å². The van der Waals surface area contributed by atoms with Crippen molar-refractivity contribution in [1.29, 1.82) is 0 Å². The van der Waals surface area contributed by atoms with E-state index >= 15 is 0 Å². The predicted molar refractivity (Wildman–Crippen MR) is 41.2 cm³/mol. The molecule has 0 aliphatic carbocycles. The molecule has 0 unspecified atom stereocenters. The van der Waals surface area contributed by atoms with E-state index in [0.717, 1.165) is 0 Å². The van der Waals surface area contributed by atoms with Gasteiger partial charge in [-0.15, -0.1) is 0 Å². The molecule has 0 fully saturated rings. The van der Waals surface area contributed by atoms with E-state index in [1.807, 2.05) is 0 Å². The van der Waals surface area contributed by atoms with Crippen LogP contribution in [0.3, 0.4) is 0 Å². The smallest absolute Gasteiger partial charge is 0.226 e. The first-order valence-corrected chi connectivity index (χ1v) is 3.30. The zero-order chi connectivity index (χ0) is 9.14. The van der Waals surface area contributed by atoms with Crippen LogP contribution in [0.5, 0.6) is 0 Å². The molecule has 0 radical (unpaired) electrons. The van der Waals surface area contributed by atoms with Gasteiger partial charge in [0, 0.05) is 18.8 Å². The highest BCUT2D eigenvalue weighted by atomic mass is 16.2. The lowest BCUT2D eigenvalue weighted by Gasteiger charge is -1.89. The summed E-state index contributed by atoms with van der Waals surface area (Å²) in [6.07, 6.45) is 2.30. The summed E-state index contributed by atoms with van der Waals surface area (Å²) in [6, 6.07) is 1.38. The maximum absolute atomic E-state index is 10.8. The Bertz CT molecular complexity index is 338. The van der Waals surface area contributed by atoms with Gasteiger partial charge in [-0.1, -0.05) is 0 Å². The standard InChI is InChI=1S/C8H7NO3/c1-9-3-6(8(12)5-11)2-7(9)4-10/h2-5H,1H3. The molecule has 4 nitrogen and oxygen atoms in total. The molecule has 1 heterocycles. The molecule has 1 aromatic rings. The van der Waals surface area contributed by atoms with Crippen LogP contribution in [0.2, 0.25) is 0 Å². The van der Waals surface area contributed by atoms with Crippen LogP contribution in [0.15, 0.2) is 12.3 Å². The lowest BCUT2D eigenvalue weighted by atomic mass is 10.2. The summed E-state index contributed by atoms with van der Waals surface area (Å²) in [7, 11) is 1.63. The Morgan fingerprint density at radius 3 is 2.58 bits per heavy atom. The van der Waals surface area contributed by atoms with Gasteiger partial charge in [-0.2, -0.15) is 0 Å². The van der Waals surface area contributed by atoms with Crippen LogP contribution < -0.4 is 0 Å². The fraction of sp³-hybridized carbons (Fsp3) is 0.125. The van der Waals surface area contributed by atoms with Crippen molar-refractivity contribution in [2.24, 2.45) is 7.05 Å². The molecule has 12 heavy (non-hydrogen) atoms. The van der Waals surface area contributed by atoms with Gasteiger partial charge in [-0.05, 0) is 6.07 Å². The van der Waals surface area contributed by atoms with Gasteiger partial charge in [0.2, 0.25) is 5.78 Å². The maximum atomic E-state index is 10.8. The van der Waals surface area contributed by atoms with Crippen molar-refractivity contribution in [1.82, 2.24) is 4.57 Å². The number of aldehydes is 2. The van der Waals surface area contributed by atoms with Crippen LogP contribution in [-0.4, -0.2) is 22.9 Å². The predicted octanol–water partition coefficient (Wildman–Crippen LogP) is 0.219. The second kappa shape index (κ2) is 3.13. The number of aromatic nitrogens is 1. The van der Waals surface area contributed by atoms with Gasteiger partial charge in [0.25, 0.3) is 0 Å². The third-order valence-corrected chi connectivity index (χ3v) is 1.56. The second-order valence-corrected chi connectivity index (χ2v) is 2.36. The van der Waals surface area contributed by atoms with Crippen molar-refractivity contribution in [2.45, 2.75) is 0 Å². The van der Waals surface area contributed by atoms with Crippen molar-refractivity contribution in [3.05, 3.63) is 23.5 Å². The summed E-state index contributed by atoms with van der Waals surface area (Å²) >= 11 is 0. The van der Waals surface area contributed by atoms with Gasteiger partial charge in [-0.3, -0.25) is 14.4 Å². The van der Waals surface area contributed by atoms with Gasteiger partial charge in [0.15, 0.2) is 12.6 Å². The summed E-state index contributed by atoms with van der Waals surface area (Å²) in [5.41, 5.74) is 0.620. The van der Waals surface area contributed by atoms with Gasteiger partial charge < -0.3 is 4.57 Å². The third-order valence-electron chi connectivity index (χ3n) is 1.56. The fourth-order valence-electron chi connectivity index (χ4n) is 0.902. The quantitative estimate of drug-likeness (QED) is 0.365. The van der Waals surface area contributed by atoms with E-state index in [1.165, 1.54) is 16.8 Å². The highest BCUT2D eigenvalue weighted by Gasteiger charge is 2.08. The molecule has 0 spiro atoms. The lowest BCUT2D eigenvalue weighted by molar-refractivity contribution is -0.104. The van der Waals surface area contributed by atoms with E-state index in [2.05, 4.69) is 0 Å². The molecule has 1 aromatic heterocycles. The van der Waals surface area contributed by atoms with Crippen LogP contribution >= 0.6 is 0 Å². The van der Waals surface area contributed by atoms with Crippen LogP contribution in [0.1, 0.15) is 20.8 Å².